The maximum atomic E-state index is 12.9. The molecule has 0 unspecified atom stereocenters. The molecular formula is C21H20N8O3S. The second-order valence-corrected chi connectivity index (χ2v) is 8.11. The molecule has 2 heterocycles. The van der Waals surface area contributed by atoms with Gasteiger partial charge in [0.2, 0.25) is 11.6 Å². The third-order valence-electron chi connectivity index (χ3n) is 4.66. The molecule has 0 aliphatic carbocycles. The van der Waals surface area contributed by atoms with Gasteiger partial charge in [0.05, 0.1) is 11.4 Å². The summed E-state index contributed by atoms with van der Waals surface area (Å²) in [7, 11) is 0. The molecule has 0 spiro atoms. The molecule has 168 valence electrons. The Hall–Kier alpha value is -4.19. The molecule has 0 aliphatic heterocycles. The first-order valence-corrected chi connectivity index (χ1v) is 10.8. The number of anilines is 1. The number of nitrogens with zero attached hydrogens (tertiary/aromatic N) is 6. The van der Waals surface area contributed by atoms with E-state index in [4.69, 9.17) is 5.73 Å². The van der Waals surface area contributed by atoms with E-state index in [0.29, 0.717) is 22.7 Å². The number of aromatic hydroxyl groups is 1. The molecule has 0 fully saturated rings. The number of carbonyl (C=O) groups excluding carboxylic acids is 1. The first kappa shape index (κ1) is 22.0. The van der Waals surface area contributed by atoms with E-state index in [1.165, 1.54) is 16.4 Å². The second kappa shape index (κ2) is 9.53. The summed E-state index contributed by atoms with van der Waals surface area (Å²) >= 11 is 1.49. The average Bonchev–Trinajstić information content (AvgIpc) is 3.42. The minimum atomic E-state index is -0.560. The quantitative estimate of drug-likeness (QED) is 0.212. The van der Waals surface area contributed by atoms with Gasteiger partial charge in [0.1, 0.15) is 5.75 Å². The zero-order chi connectivity index (χ0) is 23.4. The smallest absolute Gasteiger partial charge is 0.293 e. The van der Waals surface area contributed by atoms with Gasteiger partial charge in [-0.2, -0.15) is 9.78 Å². The second-order valence-electron chi connectivity index (χ2n) is 7.06. The molecule has 4 aromatic rings. The van der Waals surface area contributed by atoms with Crippen LogP contribution in [-0.2, 0) is 5.75 Å². The number of amides is 1. The largest absolute Gasteiger partial charge is 0.508 e. The van der Waals surface area contributed by atoms with Crippen LogP contribution in [0.15, 0.2) is 63.2 Å². The highest BCUT2D eigenvalue weighted by molar-refractivity contribution is 7.98. The Morgan fingerprint density at radius 2 is 2.03 bits per heavy atom. The lowest BCUT2D eigenvalue weighted by molar-refractivity contribution is 0.0949. The van der Waals surface area contributed by atoms with E-state index < -0.39 is 5.91 Å². The standard InChI is InChI=1S/C21H20N8O3S/c1-12-6-8-16(9-7-12)33-11-17-18(24-28-29(17)20-19(22)26-32-27-20)21(31)25-23-13(2)14-4-3-5-15(30)10-14/h3-10,30H,11H2,1-2H3,(H2,22,26)(H,25,31). The van der Waals surface area contributed by atoms with E-state index >= 15 is 0 Å². The number of aromatic nitrogens is 5. The van der Waals surface area contributed by atoms with Crippen LogP contribution in [-0.4, -0.2) is 42.0 Å². The lowest BCUT2D eigenvalue weighted by atomic mass is 10.1. The Labute approximate surface area is 192 Å². The summed E-state index contributed by atoms with van der Waals surface area (Å²) in [6, 6.07) is 14.5. The van der Waals surface area contributed by atoms with Gasteiger partial charge >= 0.3 is 0 Å². The van der Waals surface area contributed by atoms with Gasteiger partial charge in [-0.15, -0.1) is 16.9 Å². The molecule has 12 heteroatoms. The van der Waals surface area contributed by atoms with E-state index in [1.807, 2.05) is 31.2 Å². The van der Waals surface area contributed by atoms with Gasteiger partial charge < -0.3 is 10.8 Å². The number of rotatable bonds is 7. The molecule has 0 aliphatic rings. The molecule has 0 atom stereocenters. The van der Waals surface area contributed by atoms with E-state index in [9.17, 15) is 9.90 Å². The van der Waals surface area contributed by atoms with E-state index in [1.54, 1.807) is 31.2 Å². The zero-order valence-electron chi connectivity index (χ0n) is 17.8. The van der Waals surface area contributed by atoms with Crippen molar-refractivity contribution in [3.05, 3.63) is 71.0 Å². The van der Waals surface area contributed by atoms with Crippen molar-refractivity contribution < 1.29 is 14.5 Å². The molecule has 0 radical (unpaired) electrons. The van der Waals surface area contributed by atoms with Gasteiger partial charge in [0, 0.05) is 16.2 Å². The summed E-state index contributed by atoms with van der Waals surface area (Å²) in [5.41, 5.74) is 11.1. The molecule has 4 N–H and O–H groups in total. The van der Waals surface area contributed by atoms with Crippen LogP contribution in [0.1, 0.15) is 34.2 Å². The molecule has 2 aromatic heterocycles. The number of nitrogens with two attached hydrogens (primary N) is 1. The SMILES string of the molecule is CC(=NNC(=O)c1nnn(-c2nonc2N)c1CSc1ccc(C)cc1)c1cccc(O)c1. The molecule has 33 heavy (non-hydrogen) atoms. The number of hydrogen-bond acceptors (Lipinski definition) is 10. The van der Waals surface area contributed by atoms with Gasteiger partial charge in [0.15, 0.2) is 5.69 Å². The van der Waals surface area contributed by atoms with Crippen LogP contribution in [0.5, 0.6) is 5.75 Å². The van der Waals surface area contributed by atoms with Crippen molar-refractivity contribution in [1.82, 2.24) is 30.7 Å². The lowest BCUT2D eigenvalue weighted by Crippen LogP contribution is -2.21. The van der Waals surface area contributed by atoms with Crippen LogP contribution in [0.25, 0.3) is 5.82 Å². The Morgan fingerprint density at radius 3 is 2.73 bits per heavy atom. The maximum Gasteiger partial charge on any atom is 0.293 e. The maximum absolute atomic E-state index is 12.9. The minimum Gasteiger partial charge on any atom is -0.508 e. The number of thioether (sulfide) groups is 1. The lowest BCUT2D eigenvalue weighted by Gasteiger charge is -2.07. The summed E-state index contributed by atoms with van der Waals surface area (Å²) in [5, 5.41) is 29.1. The molecule has 0 saturated heterocycles. The third kappa shape index (κ3) is 5.01. The molecule has 4 rings (SSSR count). The van der Waals surface area contributed by atoms with E-state index in [-0.39, 0.29) is 23.1 Å². The van der Waals surface area contributed by atoms with Crippen molar-refractivity contribution in [3.8, 4) is 11.6 Å². The van der Waals surface area contributed by atoms with Crippen LogP contribution >= 0.6 is 11.8 Å². The highest BCUT2D eigenvalue weighted by Crippen LogP contribution is 2.26. The van der Waals surface area contributed by atoms with Crippen LogP contribution in [0.4, 0.5) is 5.82 Å². The number of hydrogen-bond donors (Lipinski definition) is 3. The minimum absolute atomic E-state index is 0.0196. The number of benzene rings is 2. The number of nitrogen functional groups attached to an aromatic ring is 1. The van der Waals surface area contributed by atoms with Crippen molar-refractivity contribution in [2.45, 2.75) is 24.5 Å². The number of aryl methyl sites for hydroxylation is 1. The Morgan fingerprint density at radius 1 is 1.24 bits per heavy atom. The monoisotopic (exact) mass is 464 g/mol. The normalized spacial score (nSPS) is 11.5. The molecule has 11 nitrogen and oxygen atoms in total. The Bertz CT molecular complexity index is 1310. The van der Waals surface area contributed by atoms with E-state index in [2.05, 4.69) is 35.8 Å². The summed E-state index contributed by atoms with van der Waals surface area (Å²) in [6.07, 6.45) is 0. The molecule has 2 aromatic carbocycles. The molecular weight excluding hydrogens is 444 g/mol. The van der Waals surface area contributed by atoms with Crippen molar-refractivity contribution in [1.29, 1.82) is 0 Å². The van der Waals surface area contributed by atoms with Crippen LogP contribution < -0.4 is 11.2 Å². The number of carbonyl (C=O) groups is 1. The summed E-state index contributed by atoms with van der Waals surface area (Å²) in [6.45, 7) is 3.72. The van der Waals surface area contributed by atoms with Gasteiger partial charge in [-0.1, -0.05) is 35.0 Å². The third-order valence-corrected chi connectivity index (χ3v) is 5.68. The molecule has 0 bridgehead atoms. The van der Waals surface area contributed by atoms with Crippen molar-refractivity contribution in [2.75, 3.05) is 5.73 Å². The fourth-order valence-corrected chi connectivity index (χ4v) is 3.78. The topological polar surface area (TPSA) is 157 Å². The van der Waals surface area contributed by atoms with Gasteiger partial charge in [-0.25, -0.2) is 10.1 Å². The fourth-order valence-electron chi connectivity index (χ4n) is 2.88. The van der Waals surface area contributed by atoms with Crippen LogP contribution in [0, 0.1) is 6.92 Å². The molecule has 0 saturated carbocycles. The summed E-state index contributed by atoms with van der Waals surface area (Å²) in [5.74, 6) is 0.0490. The van der Waals surface area contributed by atoms with Gasteiger partial charge in [-0.05, 0) is 48.4 Å². The fraction of sp³-hybridized carbons (Fsp3) is 0.143. The predicted molar refractivity (Wildman–Crippen MR) is 122 cm³/mol. The predicted octanol–water partition coefficient (Wildman–Crippen LogP) is 2.69. The first-order valence-electron chi connectivity index (χ1n) is 9.79. The first-order chi connectivity index (χ1) is 15.9. The highest BCUT2D eigenvalue weighted by Gasteiger charge is 2.24. The zero-order valence-corrected chi connectivity index (χ0v) is 18.6. The van der Waals surface area contributed by atoms with Gasteiger partial charge in [0.25, 0.3) is 5.91 Å². The number of hydrazone groups is 1. The number of nitrogens with one attached hydrogen (secondary N) is 1. The Balaban J connectivity index is 1.60. The van der Waals surface area contributed by atoms with Gasteiger partial charge in [-0.3, -0.25) is 4.79 Å². The van der Waals surface area contributed by atoms with E-state index in [0.717, 1.165) is 10.5 Å². The summed E-state index contributed by atoms with van der Waals surface area (Å²) in [4.78, 5) is 13.9. The number of phenols is 1. The van der Waals surface area contributed by atoms with Crippen molar-refractivity contribution >= 4 is 29.2 Å². The van der Waals surface area contributed by atoms with Crippen molar-refractivity contribution in [2.24, 2.45) is 5.10 Å². The average molecular weight is 465 g/mol. The molecule has 1 amide bonds. The summed E-state index contributed by atoms with van der Waals surface area (Å²) < 4.78 is 6.00. The number of phenolic OH excluding ortho intramolecular Hbond substituents is 1. The highest BCUT2D eigenvalue weighted by atomic mass is 32.2. The van der Waals surface area contributed by atoms with Crippen LogP contribution in [0.3, 0.4) is 0 Å². The van der Waals surface area contributed by atoms with Crippen molar-refractivity contribution in [3.63, 3.8) is 0 Å². The van der Waals surface area contributed by atoms with Crippen LogP contribution in [0.2, 0.25) is 0 Å². The Kier molecular flexibility index (Phi) is 6.36.